The van der Waals surface area contributed by atoms with Gasteiger partial charge in [-0.25, -0.2) is 18.0 Å². The highest BCUT2D eigenvalue weighted by molar-refractivity contribution is 7.90. The third kappa shape index (κ3) is 5.50. The van der Waals surface area contributed by atoms with Gasteiger partial charge in [-0.15, -0.1) is 11.3 Å². The van der Waals surface area contributed by atoms with E-state index in [2.05, 4.69) is 5.32 Å². The molecule has 10 heteroatoms. The van der Waals surface area contributed by atoms with E-state index < -0.39 is 34.3 Å². The van der Waals surface area contributed by atoms with E-state index >= 15 is 0 Å². The van der Waals surface area contributed by atoms with Crippen LogP contribution in [0.2, 0.25) is 0 Å². The molecule has 0 unspecified atom stereocenters. The quantitative estimate of drug-likeness (QED) is 0.625. The van der Waals surface area contributed by atoms with Crippen LogP contribution in [0.5, 0.6) is 0 Å². The predicted octanol–water partition coefficient (Wildman–Crippen LogP) is 3.00. The van der Waals surface area contributed by atoms with Crippen LogP contribution in [0, 0.1) is 0 Å². The predicted molar refractivity (Wildman–Crippen MR) is 115 cm³/mol. The summed E-state index contributed by atoms with van der Waals surface area (Å²) in [6.45, 7) is 1.36. The molecule has 0 fully saturated rings. The van der Waals surface area contributed by atoms with Gasteiger partial charge in [-0.05, 0) is 56.4 Å². The Balaban J connectivity index is 1.69. The number of hydrogen-bond acceptors (Lipinski definition) is 8. The van der Waals surface area contributed by atoms with E-state index in [0.717, 1.165) is 42.4 Å². The zero-order chi connectivity index (χ0) is 22.6. The van der Waals surface area contributed by atoms with Crippen molar-refractivity contribution in [1.29, 1.82) is 0 Å². The molecule has 1 aromatic carbocycles. The number of benzene rings is 1. The summed E-state index contributed by atoms with van der Waals surface area (Å²) in [4.78, 5) is 38.1. The van der Waals surface area contributed by atoms with Crippen molar-refractivity contribution in [3.63, 3.8) is 0 Å². The molecule has 1 aliphatic carbocycles. The van der Waals surface area contributed by atoms with Gasteiger partial charge < -0.3 is 14.8 Å². The number of hydrogen-bond donors (Lipinski definition) is 1. The molecule has 0 bridgehead atoms. The normalized spacial score (nSPS) is 13.2. The van der Waals surface area contributed by atoms with E-state index in [-0.39, 0.29) is 17.1 Å². The SMILES string of the molecule is CCOC(=O)c1c(NC(=O)COC(=O)c2cccc(S(C)(=O)=O)c2)sc2c1CCCC2. The average molecular weight is 466 g/mol. The molecule has 8 nitrogen and oxygen atoms in total. The number of aryl methyl sites for hydroxylation is 1. The summed E-state index contributed by atoms with van der Waals surface area (Å²) >= 11 is 1.34. The van der Waals surface area contributed by atoms with E-state index in [1.54, 1.807) is 6.92 Å². The molecule has 0 radical (unpaired) electrons. The van der Waals surface area contributed by atoms with Crippen molar-refractivity contribution in [1.82, 2.24) is 0 Å². The van der Waals surface area contributed by atoms with Crippen LogP contribution in [0.15, 0.2) is 29.2 Å². The maximum Gasteiger partial charge on any atom is 0.341 e. The van der Waals surface area contributed by atoms with Crippen LogP contribution >= 0.6 is 11.3 Å². The van der Waals surface area contributed by atoms with Crippen molar-refractivity contribution in [2.24, 2.45) is 0 Å². The number of anilines is 1. The number of carbonyl (C=O) groups excluding carboxylic acids is 3. The zero-order valence-electron chi connectivity index (χ0n) is 17.2. The van der Waals surface area contributed by atoms with Gasteiger partial charge in [0.1, 0.15) is 5.00 Å². The Labute approximate surface area is 184 Å². The van der Waals surface area contributed by atoms with E-state index in [9.17, 15) is 22.8 Å². The highest BCUT2D eigenvalue weighted by Gasteiger charge is 2.27. The molecular weight excluding hydrogens is 442 g/mol. The second kappa shape index (κ2) is 9.61. The molecular formula is C21H23NO7S2. The topological polar surface area (TPSA) is 116 Å². The maximum absolute atomic E-state index is 12.4. The van der Waals surface area contributed by atoms with E-state index in [1.165, 1.54) is 35.6 Å². The van der Waals surface area contributed by atoms with E-state index in [0.29, 0.717) is 10.6 Å². The van der Waals surface area contributed by atoms with Crippen molar-refractivity contribution in [3.8, 4) is 0 Å². The highest BCUT2D eigenvalue weighted by atomic mass is 32.2. The maximum atomic E-state index is 12.4. The molecule has 1 amide bonds. The van der Waals surface area contributed by atoms with Crippen molar-refractivity contribution >= 4 is 44.0 Å². The Hall–Kier alpha value is -2.72. The number of esters is 2. The van der Waals surface area contributed by atoms with Gasteiger partial charge in [0.05, 0.1) is 22.6 Å². The van der Waals surface area contributed by atoms with Gasteiger partial charge in [0.25, 0.3) is 5.91 Å². The summed E-state index contributed by atoms with van der Waals surface area (Å²) < 4.78 is 33.5. The number of carbonyl (C=O) groups is 3. The Bertz CT molecular complexity index is 1120. The number of nitrogens with one attached hydrogen (secondary N) is 1. The van der Waals surface area contributed by atoms with Crippen LogP contribution in [-0.2, 0) is 36.9 Å². The monoisotopic (exact) mass is 465 g/mol. The molecule has 1 N–H and O–H groups in total. The van der Waals surface area contributed by atoms with Gasteiger partial charge >= 0.3 is 11.9 Å². The van der Waals surface area contributed by atoms with Gasteiger partial charge in [0.15, 0.2) is 16.4 Å². The molecule has 0 saturated carbocycles. The van der Waals surface area contributed by atoms with Gasteiger partial charge in [-0.3, -0.25) is 4.79 Å². The van der Waals surface area contributed by atoms with Gasteiger partial charge in [-0.1, -0.05) is 6.07 Å². The summed E-state index contributed by atoms with van der Waals surface area (Å²) in [6.07, 6.45) is 4.61. The van der Waals surface area contributed by atoms with E-state index in [1.807, 2.05) is 0 Å². The highest BCUT2D eigenvalue weighted by Crippen LogP contribution is 2.38. The average Bonchev–Trinajstić information content (AvgIpc) is 3.09. The second-order valence-corrected chi connectivity index (χ2v) is 10.2. The Kier molecular flexibility index (Phi) is 7.11. The Morgan fingerprint density at radius 1 is 1.10 bits per heavy atom. The molecule has 3 rings (SSSR count). The van der Waals surface area contributed by atoms with Crippen LogP contribution in [0.3, 0.4) is 0 Å². The summed E-state index contributed by atoms with van der Waals surface area (Å²) in [6, 6.07) is 5.39. The van der Waals surface area contributed by atoms with Gasteiger partial charge in [-0.2, -0.15) is 0 Å². The summed E-state index contributed by atoms with van der Waals surface area (Å²) in [5.41, 5.74) is 1.32. The number of ether oxygens (including phenoxy) is 2. The number of sulfone groups is 1. The number of fused-ring (bicyclic) bond motifs is 1. The number of rotatable bonds is 7. The fraction of sp³-hybridized carbons (Fsp3) is 0.381. The summed E-state index contributed by atoms with van der Waals surface area (Å²) in [5, 5.41) is 3.05. The first kappa shape index (κ1) is 23.0. The minimum Gasteiger partial charge on any atom is -0.462 e. The summed E-state index contributed by atoms with van der Waals surface area (Å²) in [7, 11) is -3.48. The molecule has 0 aliphatic heterocycles. The molecule has 1 aliphatic rings. The fourth-order valence-electron chi connectivity index (χ4n) is 3.30. The largest absolute Gasteiger partial charge is 0.462 e. The lowest BCUT2D eigenvalue weighted by Gasteiger charge is -2.12. The fourth-order valence-corrected chi connectivity index (χ4v) is 5.26. The molecule has 1 aromatic heterocycles. The molecule has 1 heterocycles. The van der Waals surface area contributed by atoms with Crippen LogP contribution in [0.1, 0.15) is 50.9 Å². The first-order chi connectivity index (χ1) is 14.7. The third-order valence-corrected chi connectivity index (χ3v) is 7.05. The van der Waals surface area contributed by atoms with Crippen LogP contribution in [0.25, 0.3) is 0 Å². The first-order valence-corrected chi connectivity index (χ1v) is 12.5. The van der Waals surface area contributed by atoms with Crippen molar-refractivity contribution < 1.29 is 32.3 Å². The summed E-state index contributed by atoms with van der Waals surface area (Å²) in [5.74, 6) is -1.90. The Morgan fingerprint density at radius 3 is 2.55 bits per heavy atom. The minimum absolute atomic E-state index is 0.0188. The lowest BCUT2D eigenvalue weighted by atomic mass is 9.95. The standard InChI is InChI=1S/C21H23NO7S2/c1-3-28-21(25)18-15-9-4-5-10-16(15)30-19(18)22-17(23)12-29-20(24)13-7-6-8-14(11-13)31(2,26)27/h6-8,11H,3-5,9-10,12H2,1-2H3,(H,22,23). The molecule has 0 spiro atoms. The van der Waals surface area contributed by atoms with Crippen LogP contribution in [0.4, 0.5) is 5.00 Å². The molecule has 0 atom stereocenters. The molecule has 31 heavy (non-hydrogen) atoms. The lowest BCUT2D eigenvalue weighted by molar-refractivity contribution is -0.119. The molecule has 2 aromatic rings. The third-order valence-electron chi connectivity index (χ3n) is 4.74. The van der Waals surface area contributed by atoms with Crippen LogP contribution in [-0.4, -0.2) is 45.7 Å². The van der Waals surface area contributed by atoms with Gasteiger partial charge in [0.2, 0.25) is 0 Å². The van der Waals surface area contributed by atoms with Crippen molar-refractivity contribution in [2.45, 2.75) is 37.5 Å². The van der Waals surface area contributed by atoms with E-state index in [4.69, 9.17) is 9.47 Å². The second-order valence-electron chi connectivity index (χ2n) is 7.06. The Morgan fingerprint density at radius 2 is 1.84 bits per heavy atom. The number of amides is 1. The first-order valence-electron chi connectivity index (χ1n) is 9.79. The van der Waals surface area contributed by atoms with Gasteiger partial charge in [0, 0.05) is 11.1 Å². The van der Waals surface area contributed by atoms with Crippen molar-refractivity contribution in [3.05, 3.63) is 45.8 Å². The zero-order valence-corrected chi connectivity index (χ0v) is 18.9. The number of thiophene rings is 1. The minimum atomic E-state index is -3.48. The molecule has 0 saturated heterocycles. The lowest BCUT2D eigenvalue weighted by Crippen LogP contribution is -2.22. The van der Waals surface area contributed by atoms with Crippen molar-refractivity contribution in [2.75, 3.05) is 24.8 Å². The van der Waals surface area contributed by atoms with Crippen LogP contribution < -0.4 is 5.32 Å². The molecule has 166 valence electrons. The smallest absolute Gasteiger partial charge is 0.341 e.